The number of amides is 2. The van der Waals surface area contributed by atoms with Gasteiger partial charge < -0.3 is 24.3 Å². The molecular formula is C26H27N3O6. The van der Waals surface area contributed by atoms with E-state index in [1.807, 2.05) is 31.2 Å². The van der Waals surface area contributed by atoms with Gasteiger partial charge in [0, 0.05) is 11.3 Å². The quantitative estimate of drug-likeness (QED) is 0.340. The van der Waals surface area contributed by atoms with Crippen molar-refractivity contribution in [3.8, 4) is 23.0 Å². The number of methoxy groups -OCH3 is 3. The number of rotatable bonds is 10. The summed E-state index contributed by atoms with van der Waals surface area (Å²) in [6.45, 7) is 1.77. The molecule has 182 valence electrons. The number of hydrogen-bond donors (Lipinski definition) is 2. The first-order valence-electron chi connectivity index (χ1n) is 10.7. The van der Waals surface area contributed by atoms with Crippen LogP contribution in [-0.2, 0) is 4.79 Å². The van der Waals surface area contributed by atoms with Crippen LogP contribution >= 0.6 is 0 Å². The van der Waals surface area contributed by atoms with Crippen LogP contribution in [0.2, 0.25) is 0 Å². The van der Waals surface area contributed by atoms with Crippen molar-refractivity contribution in [3.63, 3.8) is 0 Å². The average molecular weight is 478 g/mol. The van der Waals surface area contributed by atoms with Crippen LogP contribution in [0.25, 0.3) is 0 Å². The second-order valence-corrected chi connectivity index (χ2v) is 7.39. The van der Waals surface area contributed by atoms with E-state index in [9.17, 15) is 9.59 Å². The molecule has 9 nitrogen and oxygen atoms in total. The van der Waals surface area contributed by atoms with Crippen molar-refractivity contribution in [3.05, 3.63) is 77.4 Å². The lowest BCUT2D eigenvalue weighted by molar-refractivity contribution is -0.118. The Morgan fingerprint density at radius 3 is 2.29 bits per heavy atom. The second-order valence-electron chi connectivity index (χ2n) is 7.39. The maximum absolute atomic E-state index is 12.4. The zero-order valence-corrected chi connectivity index (χ0v) is 20.0. The predicted octanol–water partition coefficient (Wildman–Crippen LogP) is 3.80. The first-order valence-corrected chi connectivity index (χ1v) is 10.7. The van der Waals surface area contributed by atoms with Gasteiger partial charge in [0.2, 0.25) is 0 Å². The van der Waals surface area contributed by atoms with Gasteiger partial charge in [-0.15, -0.1) is 0 Å². The van der Waals surface area contributed by atoms with Gasteiger partial charge in [-0.25, -0.2) is 5.43 Å². The fourth-order valence-corrected chi connectivity index (χ4v) is 3.15. The number of hydrazone groups is 1. The molecule has 2 N–H and O–H groups in total. The largest absolute Gasteiger partial charge is 0.493 e. The summed E-state index contributed by atoms with van der Waals surface area (Å²) in [5.41, 5.74) is 5.23. The maximum Gasteiger partial charge on any atom is 0.271 e. The average Bonchev–Trinajstić information content (AvgIpc) is 2.87. The van der Waals surface area contributed by atoms with E-state index >= 15 is 0 Å². The van der Waals surface area contributed by atoms with E-state index in [0.717, 1.165) is 5.56 Å². The minimum Gasteiger partial charge on any atom is -0.493 e. The highest BCUT2D eigenvalue weighted by atomic mass is 16.5. The number of carbonyl (C=O) groups excluding carboxylic acids is 2. The van der Waals surface area contributed by atoms with E-state index in [1.165, 1.54) is 27.5 Å². The smallest absolute Gasteiger partial charge is 0.271 e. The van der Waals surface area contributed by atoms with E-state index in [4.69, 9.17) is 18.9 Å². The van der Waals surface area contributed by atoms with Crippen molar-refractivity contribution < 1.29 is 28.5 Å². The van der Waals surface area contributed by atoms with Gasteiger partial charge in [-0.1, -0.05) is 12.1 Å². The number of nitrogens with one attached hydrogen (secondary N) is 2. The summed E-state index contributed by atoms with van der Waals surface area (Å²) in [7, 11) is 4.51. The van der Waals surface area contributed by atoms with E-state index < -0.39 is 5.91 Å². The van der Waals surface area contributed by atoms with Gasteiger partial charge in [0.1, 0.15) is 0 Å². The van der Waals surface area contributed by atoms with Crippen molar-refractivity contribution in [2.24, 2.45) is 5.10 Å². The molecule has 0 fully saturated rings. The molecule has 3 rings (SSSR count). The fourth-order valence-electron chi connectivity index (χ4n) is 3.15. The molecule has 0 saturated heterocycles. The van der Waals surface area contributed by atoms with Crippen molar-refractivity contribution >= 4 is 23.7 Å². The van der Waals surface area contributed by atoms with Crippen molar-refractivity contribution in [2.75, 3.05) is 33.3 Å². The molecule has 2 amide bonds. The molecule has 0 bridgehead atoms. The van der Waals surface area contributed by atoms with Crippen LogP contribution in [0.1, 0.15) is 21.5 Å². The summed E-state index contributed by atoms with van der Waals surface area (Å²) in [6.07, 6.45) is 1.47. The predicted molar refractivity (Wildman–Crippen MR) is 133 cm³/mol. The Morgan fingerprint density at radius 1 is 0.857 bits per heavy atom. The number of ether oxygens (including phenoxy) is 4. The highest BCUT2D eigenvalue weighted by Crippen LogP contribution is 2.28. The van der Waals surface area contributed by atoms with Crippen LogP contribution in [0.3, 0.4) is 0 Å². The third-order valence-electron chi connectivity index (χ3n) is 4.87. The summed E-state index contributed by atoms with van der Waals surface area (Å²) < 4.78 is 21.4. The van der Waals surface area contributed by atoms with Crippen LogP contribution in [-0.4, -0.2) is 46.0 Å². The van der Waals surface area contributed by atoms with Crippen LogP contribution in [0.5, 0.6) is 23.0 Å². The molecule has 9 heteroatoms. The molecule has 3 aromatic rings. The molecule has 0 heterocycles. The third-order valence-corrected chi connectivity index (χ3v) is 4.87. The Bertz CT molecular complexity index is 1230. The molecule has 0 aliphatic carbocycles. The van der Waals surface area contributed by atoms with Crippen molar-refractivity contribution in [1.29, 1.82) is 0 Å². The van der Waals surface area contributed by atoms with Gasteiger partial charge in [0.15, 0.2) is 29.6 Å². The van der Waals surface area contributed by atoms with E-state index in [2.05, 4.69) is 15.8 Å². The van der Waals surface area contributed by atoms with Gasteiger partial charge in [-0.3, -0.25) is 9.59 Å². The number of hydrogen-bond acceptors (Lipinski definition) is 7. The van der Waals surface area contributed by atoms with E-state index in [-0.39, 0.29) is 12.5 Å². The molecule has 0 radical (unpaired) electrons. The highest BCUT2D eigenvalue weighted by Gasteiger charge is 2.11. The maximum atomic E-state index is 12.4. The number of anilines is 1. The zero-order chi connectivity index (χ0) is 25.2. The SMILES string of the molecule is COc1ccc(C(=O)N/N=C/c2ccc(OCC(=O)Nc3cccc(C)c3)c(OC)c2)cc1OC. The molecule has 3 aromatic carbocycles. The van der Waals surface area contributed by atoms with Gasteiger partial charge in [-0.05, 0) is 66.6 Å². The molecule has 0 saturated carbocycles. The van der Waals surface area contributed by atoms with Crippen LogP contribution in [0.15, 0.2) is 65.8 Å². The summed E-state index contributed by atoms with van der Waals surface area (Å²) >= 11 is 0. The van der Waals surface area contributed by atoms with E-state index in [1.54, 1.807) is 36.4 Å². The monoisotopic (exact) mass is 477 g/mol. The van der Waals surface area contributed by atoms with Gasteiger partial charge >= 0.3 is 0 Å². The Morgan fingerprint density at radius 2 is 1.57 bits per heavy atom. The summed E-state index contributed by atoms with van der Waals surface area (Å²) in [5.74, 6) is 1.09. The lowest BCUT2D eigenvalue weighted by atomic mass is 10.2. The third kappa shape index (κ3) is 6.97. The number of carbonyl (C=O) groups is 2. The van der Waals surface area contributed by atoms with Crippen LogP contribution < -0.4 is 29.7 Å². The minimum absolute atomic E-state index is 0.181. The summed E-state index contributed by atoms with van der Waals surface area (Å²) in [5, 5.41) is 6.78. The first kappa shape index (κ1) is 25.1. The standard InChI is InChI=1S/C26H27N3O6/c1-17-6-5-7-20(12-17)28-25(30)16-35-22-10-8-18(13-23(22)33-3)15-27-29-26(31)19-9-11-21(32-2)24(14-19)34-4/h5-15H,16H2,1-4H3,(H,28,30)(H,29,31)/b27-15+. The number of aryl methyl sites for hydroxylation is 1. The minimum atomic E-state index is -0.409. The molecular weight excluding hydrogens is 450 g/mol. The van der Waals surface area contributed by atoms with Crippen molar-refractivity contribution in [2.45, 2.75) is 6.92 Å². The van der Waals surface area contributed by atoms with Crippen LogP contribution in [0, 0.1) is 6.92 Å². The molecule has 0 atom stereocenters. The lowest BCUT2D eigenvalue weighted by Crippen LogP contribution is -2.20. The Hall–Kier alpha value is -4.53. The Balaban J connectivity index is 1.58. The lowest BCUT2D eigenvalue weighted by Gasteiger charge is -2.11. The van der Waals surface area contributed by atoms with Gasteiger partial charge in [-0.2, -0.15) is 5.10 Å². The number of benzene rings is 3. The normalized spacial score (nSPS) is 10.5. The topological polar surface area (TPSA) is 107 Å². The van der Waals surface area contributed by atoms with Gasteiger partial charge in [0.25, 0.3) is 11.8 Å². The highest BCUT2D eigenvalue weighted by molar-refractivity contribution is 5.95. The van der Waals surface area contributed by atoms with Gasteiger partial charge in [0.05, 0.1) is 27.5 Å². The fraction of sp³-hybridized carbons (Fsp3) is 0.192. The van der Waals surface area contributed by atoms with Crippen LogP contribution in [0.4, 0.5) is 5.69 Å². The summed E-state index contributed by atoms with van der Waals surface area (Å²) in [4.78, 5) is 24.6. The van der Waals surface area contributed by atoms with Crippen molar-refractivity contribution in [1.82, 2.24) is 5.43 Å². The zero-order valence-electron chi connectivity index (χ0n) is 20.0. The summed E-state index contributed by atoms with van der Waals surface area (Å²) in [6, 6.07) is 17.4. The molecule has 0 unspecified atom stereocenters. The van der Waals surface area contributed by atoms with E-state index in [0.29, 0.717) is 39.8 Å². The molecule has 0 aliphatic rings. The molecule has 0 spiro atoms. The first-order chi connectivity index (χ1) is 16.9. The molecule has 0 aromatic heterocycles. The Kier molecular flexibility index (Phi) is 8.66. The second kappa shape index (κ2) is 12.1. The number of nitrogens with zero attached hydrogens (tertiary/aromatic N) is 1. The molecule has 35 heavy (non-hydrogen) atoms. The Labute approximate surface area is 203 Å². The molecule has 0 aliphatic heterocycles.